The summed E-state index contributed by atoms with van der Waals surface area (Å²) < 4.78 is 5.34. The van der Waals surface area contributed by atoms with Crippen molar-refractivity contribution >= 4 is 39.6 Å². The van der Waals surface area contributed by atoms with E-state index in [1.165, 1.54) is 0 Å². The van der Waals surface area contributed by atoms with Crippen molar-refractivity contribution in [1.82, 2.24) is 10.6 Å². The van der Waals surface area contributed by atoms with Crippen LogP contribution in [-0.2, 0) is 16.7 Å². The molecule has 5 nitrogen and oxygen atoms in total. The molecule has 2 heterocycles. The molecule has 0 unspecified atom stereocenters. The highest BCUT2D eigenvalue weighted by Crippen LogP contribution is 2.45. The number of thiophene rings is 1. The Hall–Kier alpha value is -1.18. The summed E-state index contributed by atoms with van der Waals surface area (Å²) in [4.78, 5) is 13.8. The number of ether oxygens (including phenoxy) is 1. The number of hydrogen-bond acceptors (Lipinski definition) is 5. The zero-order valence-electron chi connectivity index (χ0n) is 16.1. The van der Waals surface area contributed by atoms with Crippen LogP contribution in [0.25, 0.3) is 0 Å². The fraction of sp³-hybridized carbons (Fsp3) is 0.667. The average Bonchev–Trinajstić information content (AvgIpc) is 2.74. The van der Waals surface area contributed by atoms with Gasteiger partial charge in [0.05, 0.1) is 12.2 Å². The van der Waals surface area contributed by atoms with Crippen molar-refractivity contribution in [3.8, 4) is 0 Å². The second kappa shape index (κ2) is 7.21. The van der Waals surface area contributed by atoms with Crippen molar-refractivity contribution in [2.75, 3.05) is 11.9 Å². The van der Waals surface area contributed by atoms with Crippen LogP contribution >= 0.6 is 23.6 Å². The third-order valence-corrected chi connectivity index (χ3v) is 5.66. The van der Waals surface area contributed by atoms with Crippen LogP contribution in [0.1, 0.15) is 69.3 Å². The maximum atomic E-state index is 12.7. The topological polar surface area (TPSA) is 62.4 Å². The first-order valence-corrected chi connectivity index (χ1v) is 9.89. The molecule has 1 aliphatic rings. The summed E-state index contributed by atoms with van der Waals surface area (Å²) in [5, 5.41) is 11.3. The van der Waals surface area contributed by atoms with Gasteiger partial charge in [-0.25, -0.2) is 4.79 Å². The van der Waals surface area contributed by atoms with Gasteiger partial charge in [0.25, 0.3) is 0 Å². The van der Waals surface area contributed by atoms with Gasteiger partial charge in [0, 0.05) is 22.0 Å². The summed E-state index contributed by atoms with van der Waals surface area (Å²) in [7, 11) is 0. The lowest BCUT2D eigenvalue weighted by Gasteiger charge is -2.42. The molecule has 0 fully saturated rings. The molecule has 0 bridgehead atoms. The van der Waals surface area contributed by atoms with Gasteiger partial charge < -0.3 is 20.7 Å². The molecule has 0 saturated carbocycles. The Morgan fingerprint density at radius 1 is 1.36 bits per heavy atom. The maximum Gasteiger partial charge on any atom is 0.341 e. The van der Waals surface area contributed by atoms with Gasteiger partial charge in [0.1, 0.15) is 5.00 Å². The molecular formula is C18H29N3O2S2. The monoisotopic (exact) mass is 383 g/mol. The Balaban J connectivity index is 2.51. The van der Waals surface area contributed by atoms with E-state index in [0.717, 1.165) is 21.9 Å². The second-order valence-electron chi connectivity index (χ2n) is 7.90. The molecule has 7 heteroatoms. The number of nitrogens with one attached hydrogen (secondary N) is 3. The molecule has 1 aromatic rings. The highest BCUT2D eigenvalue weighted by atomic mass is 32.1. The van der Waals surface area contributed by atoms with E-state index in [1.54, 1.807) is 11.3 Å². The summed E-state index contributed by atoms with van der Waals surface area (Å²) in [6, 6.07) is 0.220. The van der Waals surface area contributed by atoms with Crippen LogP contribution in [0.4, 0.5) is 5.00 Å². The van der Waals surface area contributed by atoms with E-state index in [2.05, 4.69) is 43.6 Å². The molecule has 0 amide bonds. The first-order valence-electron chi connectivity index (χ1n) is 8.67. The van der Waals surface area contributed by atoms with E-state index in [-0.39, 0.29) is 23.1 Å². The predicted octanol–water partition coefficient (Wildman–Crippen LogP) is 3.78. The first kappa shape index (κ1) is 20.1. The standard InChI is InChI=1S/C18H29N3O2S2/c1-8-23-15(22)12-11-9-17(4,5)21-18(6,7)13(11)25-14(12)20-16(24)19-10(2)3/h10,21H,8-9H2,1-7H3,(H2,19,20,24). The van der Waals surface area contributed by atoms with E-state index < -0.39 is 0 Å². The quantitative estimate of drug-likeness (QED) is 0.543. The molecule has 0 aromatic carbocycles. The van der Waals surface area contributed by atoms with Crippen LogP contribution in [-0.4, -0.2) is 29.3 Å². The summed E-state index contributed by atoms with van der Waals surface area (Å²) in [5.41, 5.74) is 1.35. The van der Waals surface area contributed by atoms with E-state index >= 15 is 0 Å². The van der Waals surface area contributed by atoms with Crippen molar-refractivity contribution in [1.29, 1.82) is 0 Å². The van der Waals surface area contributed by atoms with Crippen LogP contribution in [0.15, 0.2) is 0 Å². The van der Waals surface area contributed by atoms with Crippen molar-refractivity contribution in [2.24, 2.45) is 0 Å². The number of fused-ring (bicyclic) bond motifs is 1. The average molecular weight is 384 g/mol. The SMILES string of the molecule is CCOC(=O)c1c(NC(=S)NC(C)C)sc2c1CC(C)(C)NC2(C)C. The molecule has 2 rings (SSSR count). The van der Waals surface area contributed by atoms with E-state index in [4.69, 9.17) is 17.0 Å². The van der Waals surface area contributed by atoms with Gasteiger partial charge in [0.15, 0.2) is 5.11 Å². The number of rotatable bonds is 4. The predicted molar refractivity (Wildman–Crippen MR) is 109 cm³/mol. The van der Waals surface area contributed by atoms with Gasteiger partial charge in [-0.15, -0.1) is 11.3 Å². The van der Waals surface area contributed by atoms with Crippen LogP contribution in [0.3, 0.4) is 0 Å². The molecule has 1 aliphatic heterocycles. The summed E-state index contributed by atoms with van der Waals surface area (Å²) in [6.07, 6.45) is 0.766. The molecule has 0 radical (unpaired) electrons. The van der Waals surface area contributed by atoms with Crippen LogP contribution in [0, 0.1) is 0 Å². The molecule has 0 saturated heterocycles. The van der Waals surface area contributed by atoms with Crippen molar-refractivity contribution < 1.29 is 9.53 Å². The summed E-state index contributed by atoms with van der Waals surface area (Å²) in [5.74, 6) is -0.289. The highest BCUT2D eigenvalue weighted by molar-refractivity contribution is 7.80. The number of esters is 1. The van der Waals surface area contributed by atoms with Crippen molar-refractivity contribution in [3.63, 3.8) is 0 Å². The Morgan fingerprint density at radius 2 is 2.00 bits per heavy atom. The van der Waals surface area contributed by atoms with Gasteiger partial charge in [-0.1, -0.05) is 0 Å². The number of anilines is 1. The van der Waals surface area contributed by atoms with E-state index in [0.29, 0.717) is 17.3 Å². The lowest BCUT2D eigenvalue weighted by molar-refractivity contribution is 0.0526. The lowest BCUT2D eigenvalue weighted by atomic mass is 9.81. The van der Waals surface area contributed by atoms with Gasteiger partial charge in [0.2, 0.25) is 0 Å². The Kier molecular flexibility index (Phi) is 5.81. The third-order valence-electron chi connectivity index (χ3n) is 3.97. The van der Waals surface area contributed by atoms with Crippen molar-refractivity contribution in [2.45, 2.75) is 72.0 Å². The molecule has 1 aromatic heterocycles. The smallest absolute Gasteiger partial charge is 0.341 e. The zero-order chi connectivity index (χ0) is 19.0. The fourth-order valence-electron chi connectivity index (χ4n) is 3.44. The highest BCUT2D eigenvalue weighted by Gasteiger charge is 2.42. The summed E-state index contributed by atoms with van der Waals surface area (Å²) >= 11 is 6.96. The minimum absolute atomic E-state index is 0.104. The summed E-state index contributed by atoms with van der Waals surface area (Å²) in [6.45, 7) is 14.8. The Morgan fingerprint density at radius 3 is 2.56 bits per heavy atom. The minimum atomic E-state index is -0.289. The van der Waals surface area contributed by atoms with Gasteiger partial charge >= 0.3 is 5.97 Å². The normalized spacial score (nSPS) is 17.8. The zero-order valence-corrected chi connectivity index (χ0v) is 17.8. The van der Waals surface area contributed by atoms with Crippen molar-refractivity contribution in [3.05, 3.63) is 16.0 Å². The molecule has 25 heavy (non-hydrogen) atoms. The number of hydrogen-bond donors (Lipinski definition) is 3. The fourth-order valence-corrected chi connectivity index (χ4v) is 5.11. The molecule has 0 spiro atoms. The van der Waals surface area contributed by atoms with Crippen LogP contribution in [0.2, 0.25) is 0 Å². The van der Waals surface area contributed by atoms with E-state index in [9.17, 15) is 4.79 Å². The Bertz CT molecular complexity index is 678. The largest absolute Gasteiger partial charge is 0.462 e. The molecule has 0 aliphatic carbocycles. The number of carbonyl (C=O) groups is 1. The maximum absolute atomic E-state index is 12.7. The van der Waals surface area contributed by atoms with Gasteiger partial charge in [-0.3, -0.25) is 0 Å². The van der Waals surface area contributed by atoms with Gasteiger partial charge in [-0.05, 0) is 72.7 Å². The number of thiocarbonyl (C=S) groups is 1. The van der Waals surface area contributed by atoms with Gasteiger partial charge in [-0.2, -0.15) is 0 Å². The first-order chi connectivity index (χ1) is 11.5. The minimum Gasteiger partial charge on any atom is -0.462 e. The molecule has 0 atom stereocenters. The van der Waals surface area contributed by atoms with E-state index in [1.807, 2.05) is 20.8 Å². The third kappa shape index (κ3) is 4.51. The Labute approximate surface area is 159 Å². The molecular weight excluding hydrogens is 354 g/mol. The number of carbonyl (C=O) groups excluding carboxylic acids is 1. The molecule has 140 valence electrons. The molecule has 3 N–H and O–H groups in total. The second-order valence-corrected chi connectivity index (χ2v) is 9.33. The lowest BCUT2D eigenvalue weighted by Crippen LogP contribution is -2.55. The van der Waals surface area contributed by atoms with Crippen LogP contribution in [0.5, 0.6) is 0 Å². The van der Waals surface area contributed by atoms with Crippen LogP contribution < -0.4 is 16.0 Å².